The summed E-state index contributed by atoms with van der Waals surface area (Å²) in [6.07, 6.45) is 3.12. The van der Waals surface area contributed by atoms with Crippen LogP contribution in [-0.2, 0) is 9.84 Å². The molecule has 0 aromatic heterocycles. The molecule has 2 unspecified atom stereocenters. The SMILES string of the molecule is CS(=O)(=O)c1ccc(C(=O)C(Br)CCl)cc1.CSc1ccc(C(=O)C(Br)CCl)cc1. The van der Waals surface area contributed by atoms with Crippen LogP contribution in [0.25, 0.3) is 0 Å². The van der Waals surface area contributed by atoms with Crippen LogP contribution in [0, 0.1) is 0 Å². The Labute approximate surface area is 208 Å². The summed E-state index contributed by atoms with van der Waals surface area (Å²) in [5.41, 5.74) is 1.14. The molecule has 0 spiro atoms. The molecule has 0 heterocycles. The molecule has 0 saturated heterocycles. The maximum Gasteiger partial charge on any atom is 0.177 e. The monoisotopic (exact) mass is 616 g/mol. The molecule has 0 aliphatic heterocycles. The lowest BCUT2D eigenvalue weighted by Crippen LogP contribution is -2.15. The molecule has 30 heavy (non-hydrogen) atoms. The summed E-state index contributed by atoms with van der Waals surface area (Å²) in [6.45, 7) is 0. The Balaban J connectivity index is 0.000000303. The van der Waals surface area contributed by atoms with E-state index in [-0.39, 0.29) is 27.2 Å². The summed E-state index contributed by atoms with van der Waals surface area (Å²) in [4.78, 5) is 23.9. The van der Waals surface area contributed by atoms with Crippen LogP contribution in [0.15, 0.2) is 58.3 Å². The van der Waals surface area contributed by atoms with E-state index in [0.717, 1.165) is 11.2 Å². The second kappa shape index (κ2) is 13.2. The lowest BCUT2D eigenvalue weighted by atomic mass is 10.1. The number of ketones is 2. The first-order chi connectivity index (χ1) is 14.0. The van der Waals surface area contributed by atoms with Gasteiger partial charge < -0.3 is 0 Å². The molecule has 0 fully saturated rings. The molecule has 2 rings (SSSR count). The standard InChI is InChI=1S/C10H10BrClO3S.C10H10BrClOS/c1-16(14,15)8-4-2-7(3-5-8)10(13)9(11)6-12;1-14-8-4-2-7(3-5-8)10(13)9(11)6-12/h2-5,9H,6H2,1H3;2-5,9H,6H2,1H3. The lowest BCUT2D eigenvalue weighted by molar-refractivity contribution is 0.0989. The molecular formula is C20H20Br2Cl2O4S2. The zero-order chi connectivity index (χ0) is 22.9. The van der Waals surface area contributed by atoms with Gasteiger partial charge in [0.1, 0.15) is 0 Å². The number of benzene rings is 2. The summed E-state index contributed by atoms with van der Waals surface area (Å²) >= 11 is 19.1. The number of hydrogen-bond donors (Lipinski definition) is 0. The van der Waals surface area contributed by atoms with Crippen LogP contribution < -0.4 is 0 Å². The predicted octanol–water partition coefficient (Wildman–Crippen LogP) is 5.87. The second-order valence-electron chi connectivity index (χ2n) is 6.00. The van der Waals surface area contributed by atoms with E-state index >= 15 is 0 Å². The van der Waals surface area contributed by atoms with Gasteiger partial charge in [0.25, 0.3) is 0 Å². The number of rotatable bonds is 8. The van der Waals surface area contributed by atoms with Crippen molar-refractivity contribution in [3.63, 3.8) is 0 Å². The highest BCUT2D eigenvalue weighted by Crippen LogP contribution is 2.18. The van der Waals surface area contributed by atoms with E-state index in [1.54, 1.807) is 11.8 Å². The largest absolute Gasteiger partial charge is 0.293 e. The Bertz CT molecular complexity index is 950. The third kappa shape index (κ3) is 8.63. The molecule has 2 aromatic carbocycles. The molecule has 10 heteroatoms. The fraction of sp³-hybridized carbons (Fsp3) is 0.300. The molecular weight excluding hydrogens is 599 g/mol. The van der Waals surface area contributed by atoms with E-state index in [1.807, 2.05) is 30.5 Å². The maximum atomic E-state index is 11.7. The van der Waals surface area contributed by atoms with Crippen molar-refractivity contribution in [3.8, 4) is 0 Å². The lowest BCUT2D eigenvalue weighted by Gasteiger charge is -2.05. The van der Waals surface area contributed by atoms with Crippen molar-refractivity contribution in [2.45, 2.75) is 19.4 Å². The summed E-state index contributed by atoms with van der Waals surface area (Å²) in [5.74, 6) is 0.346. The summed E-state index contributed by atoms with van der Waals surface area (Å²) in [6, 6.07) is 13.3. The molecule has 4 nitrogen and oxygen atoms in total. The van der Waals surface area contributed by atoms with Gasteiger partial charge in [0.2, 0.25) is 0 Å². The minimum atomic E-state index is -3.22. The number of halogens is 4. The van der Waals surface area contributed by atoms with Crippen molar-refractivity contribution >= 4 is 88.2 Å². The zero-order valence-corrected chi connectivity index (χ0v) is 22.5. The third-order valence-corrected chi connectivity index (χ3v) is 8.50. The Morgan fingerprint density at radius 3 is 1.53 bits per heavy atom. The van der Waals surface area contributed by atoms with Gasteiger partial charge in [0, 0.05) is 34.0 Å². The molecule has 0 aliphatic carbocycles. The molecule has 0 amide bonds. The van der Waals surface area contributed by atoms with E-state index in [0.29, 0.717) is 17.0 Å². The number of thioether (sulfide) groups is 1. The zero-order valence-electron chi connectivity index (χ0n) is 16.1. The van der Waals surface area contributed by atoms with Crippen molar-refractivity contribution < 1.29 is 18.0 Å². The fourth-order valence-electron chi connectivity index (χ4n) is 2.12. The van der Waals surface area contributed by atoms with E-state index < -0.39 is 14.7 Å². The van der Waals surface area contributed by atoms with Gasteiger partial charge in [-0.05, 0) is 30.5 Å². The van der Waals surface area contributed by atoms with Gasteiger partial charge in [-0.25, -0.2) is 8.42 Å². The van der Waals surface area contributed by atoms with Crippen molar-refractivity contribution in [1.29, 1.82) is 0 Å². The topological polar surface area (TPSA) is 68.3 Å². The molecule has 2 aromatic rings. The number of carbonyl (C=O) groups is 2. The number of Topliss-reactive ketones (excluding diaryl/α,β-unsaturated/α-hetero) is 2. The Kier molecular flexibility index (Phi) is 12.2. The predicted molar refractivity (Wildman–Crippen MR) is 133 cm³/mol. The minimum Gasteiger partial charge on any atom is -0.293 e. The molecule has 0 radical (unpaired) electrons. The van der Waals surface area contributed by atoms with E-state index in [4.69, 9.17) is 23.2 Å². The van der Waals surface area contributed by atoms with Gasteiger partial charge in [-0.3, -0.25) is 9.59 Å². The quantitative estimate of drug-likeness (QED) is 0.210. The van der Waals surface area contributed by atoms with Gasteiger partial charge in [-0.15, -0.1) is 35.0 Å². The molecule has 0 bridgehead atoms. The van der Waals surface area contributed by atoms with Crippen LogP contribution in [0.3, 0.4) is 0 Å². The highest BCUT2D eigenvalue weighted by molar-refractivity contribution is 9.10. The van der Waals surface area contributed by atoms with Crippen molar-refractivity contribution in [2.75, 3.05) is 24.3 Å². The average Bonchev–Trinajstić information content (AvgIpc) is 2.76. The van der Waals surface area contributed by atoms with Crippen molar-refractivity contribution in [3.05, 3.63) is 59.7 Å². The van der Waals surface area contributed by atoms with Gasteiger partial charge >= 0.3 is 0 Å². The molecule has 0 saturated carbocycles. The van der Waals surface area contributed by atoms with Crippen LogP contribution in [0.5, 0.6) is 0 Å². The van der Waals surface area contributed by atoms with E-state index in [9.17, 15) is 18.0 Å². The maximum absolute atomic E-state index is 11.7. The van der Waals surface area contributed by atoms with E-state index in [2.05, 4.69) is 31.9 Å². The number of carbonyl (C=O) groups excluding carboxylic acids is 2. The normalized spacial score (nSPS) is 13.0. The highest BCUT2D eigenvalue weighted by Gasteiger charge is 2.17. The molecule has 0 N–H and O–H groups in total. The average molecular weight is 619 g/mol. The first-order valence-corrected chi connectivity index (χ1v) is 14.5. The Morgan fingerprint density at radius 2 is 1.23 bits per heavy atom. The van der Waals surface area contributed by atoms with Crippen LogP contribution in [0.1, 0.15) is 20.7 Å². The van der Waals surface area contributed by atoms with Crippen molar-refractivity contribution in [2.24, 2.45) is 0 Å². The van der Waals surface area contributed by atoms with E-state index in [1.165, 1.54) is 24.3 Å². The Hall–Kier alpha value is -0.380. The first-order valence-electron chi connectivity index (χ1n) is 8.47. The minimum absolute atomic E-state index is 0.0349. The fourth-order valence-corrected chi connectivity index (χ4v) is 3.97. The van der Waals surface area contributed by atoms with Gasteiger partial charge in [0.05, 0.1) is 14.5 Å². The van der Waals surface area contributed by atoms with Crippen molar-refractivity contribution in [1.82, 2.24) is 0 Å². The molecule has 164 valence electrons. The smallest absolute Gasteiger partial charge is 0.177 e. The first kappa shape index (κ1) is 27.7. The van der Waals surface area contributed by atoms with Crippen LogP contribution >= 0.6 is 66.8 Å². The number of sulfone groups is 1. The van der Waals surface area contributed by atoms with Gasteiger partial charge in [-0.2, -0.15) is 0 Å². The summed E-state index contributed by atoms with van der Waals surface area (Å²) in [7, 11) is -3.22. The van der Waals surface area contributed by atoms with Crippen LogP contribution in [0.2, 0.25) is 0 Å². The Morgan fingerprint density at radius 1 is 0.867 bits per heavy atom. The summed E-state index contributed by atoms with van der Waals surface area (Å²) in [5, 5.41) is 0. The number of alkyl halides is 4. The molecule has 0 aliphatic rings. The third-order valence-electron chi connectivity index (χ3n) is 3.78. The molecule has 2 atom stereocenters. The summed E-state index contributed by atoms with van der Waals surface area (Å²) < 4.78 is 22.4. The van der Waals surface area contributed by atoms with Gasteiger partial charge in [-0.1, -0.05) is 56.1 Å². The van der Waals surface area contributed by atoms with Gasteiger partial charge in [0.15, 0.2) is 21.4 Å². The second-order valence-corrected chi connectivity index (χ2v) is 11.7. The number of hydrogen-bond acceptors (Lipinski definition) is 5. The van der Waals surface area contributed by atoms with Crippen LogP contribution in [0.4, 0.5) is 0 Å². The van der Waals surface area contributed by atoms with Crippen LogP contribution in [-0.4, -0.2) is 53.9 Å². The highest BCUT2D eigenvalue weighted by atomic mass is 79.9.